The lowest BCUT2D eigenvalue weighted by atomic mass is 9.89. The third kappa shape index (κ3) is 3.30. The minimum atomic E-state index is -4.42. The summed E-state index contributed by atoms with van der Waals surface area (Å²) in [5, 5.41) is 2.64. The van der Waals surface area contributed by atoms with Gasteiger partial charge in [0.25, 0.3) is 5.91 Å². The van der Waals surface area contributed by atoms with Gasteiger partial charge < -0.3 is 5.32 Å². The van der Waals surface area contributed by atoms with Crippen LogP contribution >= 0.6 is 0 Å². The van der Waals surface area contributed by atoms with E-state index in [-0.39, 0.29) is 0 Å². The Balaban J connectivity index is 2.12. The van der Waals surface area contributed by atoms with Crippen molar-refractivity contribution in [3.8, 4) is 0 Å². The van der Waals surface area contributed by atoms with Gasteiger partial charge in [0.1, 0.15) is 6.54 Å². The summed E-state index contributed by atoms with van der Waals surface area (Å²) in [4.78, 5) is 17.1. The summed E-state index contributed by atoms with van der Waals surface area (Å²) in [5.41, 5.74) is 3.60. The smallest absolute Gasteiger partial charge is 0.343 e. The molecule has 6 heteroatoms. The van der Waals surface area contributed by atoms with Crippen molar-refractivity contribution in [2.24, 2.45) is 0 Å². The number of amides is 1. The zero-order chi connectivity index (χ0) is 16.6. The van der Waals surface area contributed by atoms with Crippen LogP contribution in [0.3, 0.4) is 0 Å². The summed E-state index contributed by atoms with van der Waals surface area (Å²) >= 11 is 0. The van der Waals surface area contributed by atoms with E-state index >= 15 is 0 Å². The first-order chi connectivity index (χ1) is 10.8. The zero-order valence-corrected chi connectivity index (χ0v) is 12.8. The molecule has 0 saturated heterocycles. The average Bonchev–Trinajstić information content (AvgIpc) is 2.49. The Kier molecular flexibility index (Phi) is 4.00. The number of halogens is 3. The monoisotopic (exact) mass is 322 g/mol. The van der Waals surface area contributed by atoms with Crippen molar-refractivity contribution in [1.82, 2.24) is 10.3 Å². The Labute approximate surface area is 131 Å². The van der Waals surface area contributed by atoms with E-state index in [1.807, 2.05) is 30.4 Å². The van der Waals surface area contributed by atoms with Crippen molar-refractivity contribution in [2.45, 2.75) is 38.8 Å². The summed E-state index contributed by atoms with van der Waals surface area (Å²) in [5.74, 6) is -0.668. The third-order valence-corrected chi connectivity index (χ3v) is 4.09. The molecule has 0 spiro atoms. The summed E-state index contributed by atoms with van der Waals surface area (Å²) < 4.78 is 37.3. The Morgan fingerprint density at radius 3 is 2.74 bits per heavy atom. The largest absolute Gasteiger partial charge is 0.405 e. The van der Waals surface area contributed by atoms with Gasteiger partial charge in [-0.15, -0.1) is 0 Å². The van der Waals surface area contributed by atoms with Gasteiger partial charge in [0.05, 0.1) is 11.1 Å². The van der Waals surface area contributed by atoms with Crippen LogP contribution in [0.25, 0.3) is 10.9 Å². The van der Waals surface area contributed by atoms with E-state index in [0.29, 0.717) is 22.9 Å². The van der Waals surface area contributed by atoms with E-state index in [1.165, 1.54) is 0 Å². The predicted octanol–water partition coefficient (Wildman–Crippen LogP) is 3.71. The molecule has 1 heterocycles. The molecule has 1 N–H and O–H groups in total. The van der Waals surface area contributed by atoms with Crippen LogP contribution in [0.15, 0.2) is 18.2 Å². The van der Waals surface area contributed by atoms with Crippen LogP contribution in [0, 0.1) is 6.92 Å². The first-order valence-electron chi connectivity index (χ1n) is 7.62. The molecular formula is C17H17F3N2O. The maximum Gasteiger partial charge on any atom is 0.405 e. The van der Waals surface area contributed by atoms with Gasteiger partial charge in [-0.25, -0.2) is 0 Å². The Bertz CT molecular complexity index is 769. The van der Waals surface area contributed by atoms with Crippen molar-refractivity contribution in [2.75, 3.05) is 6.54 Å². The number of alkyl halides is 3. The SMILES string of the molecule is Cc1ccc2nc3c(c(C(=O)NCC(F)(F)F)c2c1)CCCC3. The van der Waals surface area contributed by atoms with E-state index in [9.17, 15) is 18.0 Å². The number of hydrogen-bond acceptors (Lipinski definition) is 2. The second-order valence-electron chi connectivity index (χ2n) is 5.94. The molecule has 0 fully saturated rings. The van der Waals surface area contributed by atoms with Crippen LogP contribution in [0.4, 0.5) is 13.2 Å². The van der Waals surface area contributed by atoms with Crippen molar-refractivity contribution in [1.29, 1.82) is 0 Å². The van der Waals surface area contributed by atoms with Gasteiger partial charge in [0.15, 0.2) is 0 Å². The predicted molar refractivity (Wildman–Crippen MR) is 81.5 cm³/mol. The number of benzene rings is 1. The highest BCUT2D eigenvalue weighted by atomic mass is 19.4. The number of carbonyl (C=O) groups excluding carboxylic acids is 1. The Hall–Kier alpha value is -2.11. The van der Waals surface area contributed by atoms with E-state index < -0.39 is 18.6 Å². The standard InChI is InChI=1S/C17H17F3N2O/c1-10-6-7-14-12(8-10)15(16(23)21-9-17(18,19)20)11-4-2-3-5-13(11)22-14/h6-8H,2-5,9H2,1H3,(H,21,23). The molecule has 23 heavy (non-hydrogen) atoms. The van der Waals surface area contributed by atoms with Gasteiger partial charge in [0, 0.05) is 11.1 Å². The fraction of sp³-hybridized carbons (Fsp3) is 0.412. The highest BCUT2D eigenvalue weighted by molar-refractivity contribution is 6.08. The molecule has 3 rings (SSSR count). The van der Waals surface area contributed by atoms with E-state index in [0.717, 1.165) is 36.1 Å². The molecule has 0 aliphatic heterocycles. The van der Waals surface area contributed by atoms with Gasteiger partial charge in [-0.2, -0.15) is 13.2 Å². The molecule has 1 aromatic heterocycles. The summed E-state index contributed by atoms with van der Waals surface area (Å²) in [6.45, 7) is 0.562. The average molecular weight is 322 g/mol. The second kappa shape index (κ2) is 5.83. The maximum absolute atomic E-state index is 12.4. The molecule has 2 aromatic rings. The van der Waals surface area contributed by atoms with Gasteiger partial charge in [0.2, 0.25) is 0 Å². The molecule has 1 aliphatic rings. The molecule has 1 aliphatic carbocycles. The topological polar surface area (TPSA) is 42.0 Å². The highest BCUT2D eigenvalue weighted by Crippen LogP contribution is 2.30. The quantitative estimate of drug-likeness (QED) is 0.916. The Morgan fingerprint density at radius 2 is 2.00 bits per heavy atom. The van der Waals surface area contributed by atoms with Gasteiger partial charge in [-0.1, -0.05) is 11.6 Å². The third-order valence-electron chi connectivity index (χ3n) is 4.09. The number of aryl methyl sites for hydroxylation is 2. The lowest BCUT2D eigenvalue weighted by molar-refractivity contribution is -0.123. The number of rotatable bonds is 2. The molecular weight excluding hydrogens is 305 g/mol. The van der Waals surface area contributed by atoms with Crippen molar-refractivity contribution >= 4 is 16.8 Å². The van der Waals surface area contributed by atoms with E-state index in [1.54, 1.807) is 0 Å². The van der Waals surface area contributed by atoms with Gasteiger partial charge in [-0.05, 0) is 50.3 Å². The van der Waals surface area contributed by atoms with Gasteiger partial charge in [-0.3, -0.25) is 9.78 Å². The number of fused-ring (bicyclic) bond motifs is 2. The number of carbonyl (C=O) groups is 1. The van der Waals surface area contributed by atoms with Crippen LogP contribution in [-0.2, 0) is 12.8 Å². The van der Waals surface area contributed by atoms with E-state index in [4.69, 9.17) is 0 Å². The molecule has 0 radical (unpaired) electrons. The van der Waals surface area contributed by atoms with Crippen LogP contribution in [0.5, 0.6) is 0 Å². The lowest BCUT2D eigenvalue weighted by Crippen LogP contribution is -2.34. The number of nitrogens with zero attached hydrogens (tertiary/aromatic N) is 1. The number of pyridine rings is 1. The van der Waals surface area contributed by atoms with Crippen LogP contribution in [0.2, 0.25) is 0 Å². The minimum Gasteiger partial charge on any atom is -0.343 e. The molecule has 1 aromatic carbocycles. The lowest BCUT2D eigenvalue weighted by Gasteiger charge is -2.21. The van der Waals surface area contributed by atoms with Gasteiger partial charge >= 0.3 is 6.18 Å². The molecule has 0 unspecified atom stereocenters. The molecule has 0 atom stereocenters. The van der Waals surface area contributed by atoms with Crippen LogP contribution < -0.4 is 5.32 Å². The van der Waals surface area contributed by atoms with Crippen molar-refractivity contribution < 1.29 is 18.0 Å². The van der Waals surface area contributed by atoms with Crippen molar-refractivity contribution in [3.05, 3.63) is 40.6 Å². The molecule has 3 nitrogen and oxygen atoms in total. The fourth-order valence-corrected chi connectivity index (χ4v) is 3.07. The Morgan fingerprint density at radius 1 is 1.26 bits per heavy atom. The summed E-state index contributed by atoms with van der Waals surface area (Å²) in [7, 11) is 0. The molecule has 0 saturated carbocycles. The second-order valence-corrected chi connectivity index (χ2v) is 5.94. The highest BCUT2D eigenvalue weighted by Gasteiger charge is 2.29. The molecule has 122 valence electrons. The zero-order valence-electron chi connectivity index (χ0n) is 12.8. The fourth-order valence-electron chi connectivity index (χ4n) is 3.07. The normalized spacial score (nSPS) is 14.6. The van der Waals surface area contributed by atoms with E-state index in [2.05, 4.69) is 4.98 Å². The molecule has 1 amide bonds. The molecule has 0 bridgehead atoms. The minimum absolute atomic E-state index is 0.359. The number of aromatic nitrogens is 1. The van der Waals surface area contributed by atoms with Crippen molar-refractivity contribution in [3.63, 3.8) is 0 Å². The first kappa shape index (κ1) is 15.8. The summed E-state index contributed by atoms with van der Waals surface area (Å²) in [6.07, 6.45) is -1.07. The van der Waals surface area contributed by atoms with Crippen LogP contribution in [-0.4, -0.2) is 23.6 Å². The van der Waals surface area contributed by atoms with Crippen LogP contribution in [0.1, 0.15) is 40.0 Å². The summed E-state index contributed by atoms with van der Waals surface area (Å²) in [6, 6.07) is 5.53. The number of hydrogen-bond donors (Lipinski definition) is 1. The number of nitrogens with one attached hydrogen (secondary N) is 1. The first-order valence-corrected chi connectivity index (χ1v) is 7.62. The maximum atomic E-state index is 12.4.